The van der Waals surface area contributed by atoms with Crippen LogP contribution in [0.1, 0.15) is 31.2 Å². The van der Waals surface area contributed by atoms with Crippen molar-refractivity contribution in [3.63, 3.8) is 0 Å². The fourth-order valence-corrected chi connectivity index (χ4v) is 5.39. The van der Waals surface area contributed by atoms with Crippen molar-refractivity contribution < 1.29 is 31.4 Å². The number of nitrogens with zero attached hydrogens (tertiary/aromatic N) is 1. The molecule has 0 radical (unpaired) electrons. The Morgan fingerprint density at radius 1 is 1.08 bits per heavy atom. The van der Waals surface area contributed by atoms with E-state index in [0.717, 1.165) is 5.56 Å². The molecule has 0 bridgehead atoms. The smallest absolute Gasteiger partial charge is 0.238 e. The van der Waals surface area contributed by atoms with Gasteiger partial charge in [-0.1, -0.05) is 42.5 Å². The summed E-state index contributed by atoms with van der Waals surface area (Å²) in [5, 5.41) is 5.24. The van der Waals surface area contributed by atoms with Crippen molar-refractivity contribution in [2.24, 2.45) is 5.14 Å². The third kappa shape index (κ3) is 5.89. The molecule has 5 rings (SSSR count). The molecule has 10 heteroatoms. The average Bonchev–Trinajstić information content (AvgIpc) is 3.36. The molecule has 1 fully saturated rings. The van der Waals surface area contributed by atoms with Gasteiger partial charge in [0, 0.05) is 37.1 Å². The first-order chi connectivity index (χ1) is 18.7. The molecule has 3 aromatic carbocycles. The SMILES string of the molecule is COC1(c2cc(F)cc(OCc3nc(-c4ccc(S(N)(=O)=O)cc4)c(-c4ccccc4)o3)c2)CCOC(C)C1. The first-order valence-electron chi connectivity index (χ1n) is 12.5. The highest BCUT2D eigenvalue weighted by Crippen LogP contribution is 2.40. The van der Waals surface area contributed by atoms with Gasteiger partial charge in [0.05, 0.1) is 23.2 Å². The molecule has 8 nitrogen and oxygen atoms in total. The molecule has 2 unspecified atom stereocenters. The van der Waals surface area contributed by atoms with Crippen LogP contribution in [-0.2, 0) is 31.7 Å². The summed E-state index contributed by atoms with van der Waals surface area (Å²) in [7, 11) is -2.21. The van der Waals surface area contributed by atoms with Gasteiger partial charge in [-0.2, -0.15) is 0 Å². The molecule has 39 heavy (non-hydrogen) atoms. The number of rotatable bonds is 8. The van der Waals surface area contributed by atoms with Crippen LogP contribution < -0.4 is 9.88 Å². The summed E-state index contributed by atoms with van der Waals surface area (Å²) in [5.41, 5.74) is 1.95. The molecule has 0 spiro atoms. The summed E-state index contributed by atoms with van der Waals surface area (Å²) in [4.78, 5) is 4.63. The Hall–Kier alpha value is -3.57. The number of benzene rings is 3. The highest BCUT2D eigenvalue weighted by atomic mass is 32.2. The highest BCUT2D eigenvalue weighted by molar-refractivity contribution is 7.89. The van der Waals surface area contributed by atoms with Gasteiger partial charge in [0.15, 0.2) is 12.4 Å². The first kappa shape index (κ1) is 27.0. The topological polar surface area (TPSA) is 114 Å². The van der Waals surface area contributed by atoms with E-state index in [4.69, 9.17) is 23.8 Å². The molecular weight excluding hydrogens is 523 g/mol. The van der Waals surface area contributed by atoms with E-state index in [9.17, 15) is 12.8 Å². The Labute approximate surface area is 226 Å². The van der Waals surface area contributed by atoms with Crippen molar-refractivity contribution in [3.05, 3.63) is 90.1 Å². The van der Waals surface area contributed by atoms with Gasteiger partial charge in [0.1, 0.15) is 17.3 Å². The predicted molar refractivity (Wildman–Crippen MR) is 143 cm³/mol. The first-order valence-corrected chi connectivity index (χ1v) is 14.0. The molecule has 4 aromatic rings. The Morgan fingerprint density at radius 2 is 1.82 bits per heavy atom. The number of hydrogen-bond acceptors (Lipinski definition) is 7. The van der Waals surface area contributed by atoms with E-state index < -0.39 is 21.4 Å². The molecule has 1 aliphatic rings. The van der Waals surface area contributed by atoms with Crippen molar-refractivity contribution in [1.29, 1.82) is 0 Å². The van der Waals surface area contributed by atoms with E-state index in [1.165, 1.54) is 24.3 Å². The molecule has 2 heterocycles. The lowest BCUT2D eigenvalue weighted by Gasteiger charge is -2.39. The second-order valence-electron chi connectivity index (χ2n) is 9.52. The van der Waals surface area contributed by atoms with Gasteiger partial charge < -0.3 is 18.6 Å². The van der Waals surface area contributed by atoms with E-state index in [1.54, 1.807) is 25.3 Å². The van der Waals surface area contributed by atoms with Gasteiger partial charge in [0.25, 0.3) is 0 Å². The van der Waals surface area contributed by atoms with Gasteiger partial charge in [-0.15, -0.1) is 0 Å². The Bertz CT molecular complexity index is 1560. The van der Waals surface area contributed by atoms with Crippen LogP contribution in [0.25, 0.3) is 22.6 Å². The Morgan fingerprint density at radius 3 is 2.49 bits per heavy atom. The van der Waals surface area contributed by atoms with Crippen LogP contribution in [0.3, 0.4) is 0 Å². The number of methoxy groups -OCH3 is 1. The molecule has 1 saturated heterocycles. The van der Waals surface area contributed by atoms with Crippen LogP contribution in [0.5, 0.6) is 5.75 Å². The zero-order valence-electron chi connectivity index (χ0n) is 21.6. The fourth-order valence-electron chi connectivity index (χ4n) is 4.88. The Kier molecular flexibility index (Phi) is 7.55. The lowest BCUT2D eigenvalue weighted by atomic mass is 9.83. The largest absolute Gasteiger partial charge is 0.484 e. The summed E-state index contributed by atoms with van der Waals surface area (Å²) < 4.78 is 61.6. The van der Waals surface area contributed by atoms with E-state index in [-0.39, 0.29) is 23.5 Å². The average molecular weight is 553 g/mol. The minimum Gasteiger partial charge on any atom is -0.484 e. The van der Waals surface area contributed by atoms with Crippen molar-refractivity contribution in [2.75, 3.05) is 13.7 Å². The van der Waals surface area contributed by atoms with Crippen LogP contribution in [0.4, 0.5) is 4.39 Å². The quantitative estimate of drug-likeness (QED) is 0.311. The minimum absolute atomic E-state index is 0.00535. The number of nitrogens with two attached hydrogens (primary N) is 1. The zero-order valence-corrected chi connectivity index (χ0v) is 22.4. The van der Waals surface area contributed by atoms with Crippen molar-refractivity contribution in [3.8, 4) is 28.3 Å². The number of oxazole rings is 1. The van der Waals surface area contributed by atoms with Crippen molar-refractivity contribution in [1.82, 2.24) is 4.98 Å². The summed E-state index contributed by atoms with van der Waals surface area (Å²) in [6.07, 6.45) is 1.18. The van der Waals surface area contributed by atoms with Crippen LogP contribution in [0, 0.1) is 5.82 Å². The number of primary sulfonamides is 1. The van der Waals surface area contributed by atoms with E-state index in [2.05, 4.69) is 4.98 Å². The lowest BCUT2D eigenvalue weighted by molar-refractivity contribution is -0.122. The highest BCUT2D eigenvalue weighted by Gasteiger charge is 2.38. The zero-order chi connectivity index (χ0) is 27.6. The maximum absolute atomic E-state index is 14.7. The number of sulfonamides is 1. The standard InChI is InChI=1S/C29H29FN2O6S/c1-19-17-29(35-2,12-13-36-19)22-14-23(30)16-24(15-22)37-18-26-32-27(28(38-26)21-6-4-3-5-7-21)20-8-10-25(11-9-20)39(31,33)34/h3-11,14-16,19H,12-13,17-18H2,1-2H3,(H2,31,33,34). The van der Waals surface area contributed by atoms with Gasteiger partial charge in [0.2, 0.25) is 15.9 Å². The summed E-state index contributed by atoms with van der Waals surface area (Å²) in [5.74, 6) is 0.642. The van der Waals surface area contributed by atoms with Crippen molar-refractivity contribution >= 4 is 10.0 Å². The molecular formula is C29H29FN2O6S. The van der Waals surface area contributed by atoms with E-state index >= 15 is 0 Å². The molecule has 2 N–H and O–H groups in total. The van der Waals surface area contributed by atoms with Crippen LogP contribution >= 0.6 is 0 Å². The van der Waals surface area contributed by atoms with Gasteiger partial charge in [-0.25, -0.2) is 22.9 Å². The third-order valence-electron chi connectivity index (χ3n) is 6.84. The molecule has 1 aliphatic heterocycles. The van der Waals surface area contributed by atoms with Gasteiger partial charge in [-0.05, 0) is 36.8 Å². The maximum atomic E-state index is 14.7. The summed E-state index contributed by atoms with van der Waals surface area (Å²) in [6, 6.07) is 20.0. The van der Waals surface area contributed by atoms with Crippen LogP contribution in [0.2, 0.25) is 0 Å². The molecule has 1 aromatic heterocycles. The lowest BCUT2D eigenvalue weighted by Crippen LogP contribution is -2.39. The predicted octanol–water partition coefficient (Wildman–Crippen LogP) is 5.41. The normalized spacial score (nSPS) is 19.6. The molecule has 0 aliphatic carbocycles. The monoisotopic (exact) mass is 552 g/mol. The molecule has 2 atom stereocenters. The minimum atomic E-state index is -3.83. The number of ether oxygens (including phenoxy) is 3. The maximum Gasteiger partial charge on any atom is 0.238 e. The Balaban J connectivity index is 1.44. The van der Waals surface area contributed by atoms with E-state index in [0.29, 0.717) is 47.8 Å². The van der Waals surface area contributed by atoms with Gasteiger partial charge in [-0.3, -0.25) is 0 Å². The summed E-state index contributed by atoms with van der Waals surface area (Å²) in [6.45, 7) is 2.43. The molecule has 0 amide bonds. The number of halogens is 1. The van der Waals surface area contributed by atoms with Crippen LogP contribution in [-0.4, -0.2) is 33.2 Å². The molecule has 0 saturated carbocycles. The molecule has 204 valence electrons. The van der Waals surface area contributed by atoms with E-state index in [1.807, 2.05) is 37.3 Å². The third-order valence-corrected chi connectivity index (χ3v) is 7.77. The number of hydrogen-bond donors (Lipinski definition) is 1. The second kappa shape index (κ2) is 10.9. The second-order valence-corrected chi connectivity index (χ2v) is 11.1. The van der Waals surface area contributed by atoms with Gasteiger partial charge >= 0.3 is 0 Å². The van der Waals surface area contributed by atoms with Crippen LogP contribution in [0.15, 0.2) is 82.1 Å². The number of aromatic nitrogens is 1. The van der Waals surface area contributed by atoms with Crippen molar-refractivity contribution in [2.45, 2.75) is 43.0 Å². The summed E-state index contributed by atoms with van der Waals surface area (Å²) >= 11 is 0. The fraction of sp³-hybridized carbons (Fsp3) is 0.276.